The van der Waals surface area contributed by atoms with E-state index in [1.54, 1.807) is 11.1 Å². The van der Waals surface area contributed by atoms with E-state index in [0.29, 0.717) is 0 Å². The highest BCUT2D eigenvalue weighted by atomic mass is 14.5. The molecule has 0 aromatic heterocycles. The second-order valence-corrected chi connectivity index (χ2v) is 15.6. The lowest BCUT2D eigenvalue weighted by Gasteiger charge is -2.11. The van der Waals surface area contributed by atoms with Crippen LogP contribution in [0.1, 0.15) is 174 Å². The van der Waals surface area contributed by atoms with E-state index in [0.717, 1.165) is 37.1 Å². The Morgan fingerprint density at radius 1 is 0.308 bits per heavy atom. The molecule has 0 aliphatic rings. The molecule has 0 radical (unpaired) electrons. The number of nitrogens with two attached hydrogens (primary N) is 2. The van der Waals surface area contributed by atoms with Crippen LogP contribution in [-0.2, 0) is 38.5 Å². The van der Waals surface area contributed by atoms with E-state index in [1.807, 2.05) is 24.3 Å². The van der Waals surface area contributed by atoms with Crippen LogP contribution in [0.4, 0.5) is 11.4 Å². The van der Waals surface area contributed by atoms with Crippen LogP contribution in [0.3, 0.4) is 0 Å². The first kappa shape index (κ1) is 41.2. The van der Waals surface area contributed by atoms with Crippen LogP contribution >= 0.6 is 0 Å². The second-order valence-electron chi connectivity index (χ2n) is 15.6. The van der Waals surface area contributed by atoms with E-state index in [9.17, 15) is 0 Å². The van der Waals surface area contributed by atoms with Crippen molar-refractivity contribution in [3.05, 3.63) is 129 Å². The summed E-state index contributed by atoms with van der Waals surface area (Å²) in [5, 5.41) is 0. The molecule has 2 heteroatoms. The molecule has 0 fully saturated rings. The summed E-state index contributed by atoms with van der Waals surface area (Å²) >= 11 is 0. The van der Waals surface area contributed by atoms with Gasteiger partial charge in [0.05, 0.1) is 0 Å². The Morgan fingerprint density at radius 2 is 0.577 bits per heavy atom. The number of unbranched alkanes of at least 4 members (excludes halogenated alkanes) is 17. The Hall–Kier alpha value is -3.52. The van der Waals surface area contributed by atoms with Crippen molar-refractivity contribution in [2.24, 2.45) is 0 Å². The molecule has 0 aliphatic heterocycles. The van der Waals surface area contributed by atoms with E-state index >= 15 is 0 Å². The molecule has 0 aliphatic carbocycles. The standard InChI is InChI=1S/C50H72N2/c1-3-45-39-43(37-41-27-33-49(51)34-28-41)25-31-47(45)23-21-19-17-15-13-11-9-7-5-6-8-10-12-14-16-18-20-22-24-48-32-26-44(40-46(48)4-2)38-42-29-35-50(52)36-30-42/h25-36,39-40H,3-24,37-38,51-52H2,1-2H3. The first-order chi connectivity index (χ1) is 25.5. The van der Waals surface area contributed by atoms with Crippen molar-refractivity contribution in [2.45, 2.75) is 168 Å². The normalized spacial score (nSPS) is 11.3. The van der Waals surface area contributed by atoms with E-state index in [4.69, 9.17) is 11.5 Å². The van der Waals surface area contributed by atoms with Crippen LogP contribution in [0.5, 0.6) is 0 Å². The van der Waals surface area contributed by atoms with Crippen molar-refractivity contribution in [1.82, 2.24) is 0 Å². The lowest BCUT2D eigenvalue weighted by Crippen LogP contribution is -1.97. The molecular formula is C50H72N2. The maximum Gasteiger partial charge on any atom is 0.0314 e. The number of anilines is 2. The third-order valence-corrected chi connectivity index (χ3v) is 11.2. The summed E-state index contributed by atoms with van der Waals surface area (Å²) in [7, 11) is 0. The molecule has 0 atom stereocenters. The fourth-order valence-electron chi connectivity index (χ4n) is 7.93. The summed E-state index contributed by atoms with van der Waals surface area (Å²) in [5.41, 5.74) is 25.1. The number of benzene rings is 4. The minimum Gasteiger partial charge on any atom is -0.399 e. The molecule has 282 valence electrons. The van der Waals surface area contributed by atoms with Crippen molar-refractivity contribution < 1.29 is 0 Å². The van der Waals surface area contributed by atoms with Crippen LogP contribution in [0.25, 0.3) is 0 Å². The second kappa shape index (κ2) is 24.7. The fraction of sp³-hybridized carbons (Fsp3) is 0.520. The van der Waals surface area contributed by atoms with Gasteiger partial charge in [0.2, 0.25) is 0 Å². The first-order valence-corrected chi connectivity index (χ1v) is 21.4. The molecule has 0 spiro atoms. The third kappa shape index (κ3) is 16.0. The third-order valence-electron chi connectivity index (χ3n) is 11.2. The molecule has 0 saturated carbocycles. The Labute approximate surface area is 319 Å². The molecule has 0 amide bonds. The van der Waals surface area contributed by atoms with E-state index < -0.39 is 0 Å². The van der Waals surface area contributed by atoms with Gasteiger partial charge in [-0.25, -0.2) is 0 Å². The van der Waals surface area contributed by atoms with Gasteiger partial charge >= 0.3 is 0 Å². The Balaban J connectivity index is 0.907. The lowest BCUT2D eigenvalue weighted by atomic mass is 9.94. The smallest absolute Gasteiger partial charge is 0.0314 e. The van der Waals surface area contributed by atoms with Gasteiger partial charge < -0.3 is 11.5 Å². The van der Waals surface area contributed by atoms with Crippen LogP contribution in [0.15, 0.2) is 84.9 Å². The molecular weight excluding hydrogens is 629 g/mol. The quantitative estimate of drug-likeness (QED) is 0.0480. The monoisotopic (exact) mass is 701 g/mol. The minimum absolute atomic E-state index is 0.838. The van der Waals surface area contributed by atoms with Gasteiger partial charge in [-0.2, -0.15) is 0 Å². The maximum atomic E-state index is 5.85. The van der Waals surface area contributed by atoms with Gasteiger partial charge in [0.1, 0.15) is 0 Å². The fourth-order valence-corrected chi connectivity index (χ4v) is 7.93. The zero-order chi connectivity index (χ0) is 36.6. The van der Waals surface area contributed by atoms with Gasteiger partial charge in [0.15, 0.2) is 0 Å². The van der Waals surface area contributed by atoms with Gasteiger partial charge in [0, 0.05) is 11.4 Å². The van der Waals surface area contributed by atoms with Crippen molar-refractivity contribution in [3.63, 3.8) is 0 Å². The maximum absolute atomic E-state index is 5.85. The molecule has 4 N–H and O–H groups in total. The predicted molar refractivity (Wildman–Crippen MR) is 229 cm³/mol. The van der Waals surface area contributed by atoms with Crippen molar-refractivity contribution >= 4 is 11.4 Å². The van der Waals surface area contributed by atoms with Gasteiger partial charge in [-0.3, -0.25) is 0 Å². The van der Waals surface area contributed by atoms with Gasteiger partial charge in [-0.05, 0) is 120 Å². The minimum atomic E-state index is 0.838. The van der Waals surface area contributed by atoms with Gasteiger partial charge in [-0.1, -0.05) is 177 Å². The molecule has 4 aromatic carbocycles. The van der Waals surface area contributed by atoms with Crippen LogP contribution in [0.2, 0.25) is 0 Å². The molecule has 0 saturated heterocycles. The molecule has 0 unspecified atom stereocenters. The number of rotatable bonds is 27. The summed E-state index contributed by atoms with van der Waals surface area (Å²) in [6.07, 6.45) is 32.1. The summed E-state index contributed by atoms with van der Waals surface area (Å²) in [6, 6.07) is 30.9. The first-order valence-electron chi connectivity index (χ1n) is 21.4. The number of hydrogen-bond acceptors (Lipinski definition) is 2. The van der Waals surface area contributed by atoms with Crippen LogP contribution in [0, 0.1) is 0 Å². The number of hydrogen-bond donors (Lipinski definition) is 2. The Bertz CT molecular complexity index is 1400. The summed E-state index contributed by atoms with van der Waals surface area (Å²) in [4.78, 5) is 0. The zero-order valence-corrected chi connectivity index (χ0v) is 33.2. The molecule has 0 heterocycles. The van der Waals surface area contributed by atoms with Crippen molar-refractivity contribution in [3.8, 4) is 0 Å². The highest BCUT2D eigenvalue weighted by Gasteiger charge is 2.06. The molecule has 2 nitrogen and oxygen atoms in total. The average Bonchev–Trinajstić information content (AvgIpc) is 3.16. The largest absolute Gasteiger partial charge is 0.399 e. The zero-order valence-electron chi connectivity index (χ0n) is 33.2. The van der Waals surface area contributed by atoms with Crippen molar-refractivity contribution in [2.75, 3.05) is 11.5 Å². The topological polar surface area (TPSA) is 52.0 Å². The Kier molecular flexibility index (Phi) is 19.6. The van der Waals surface area contributed by atoms with E-state index in [2.05, 4.69) is 74.5 Å². The lowest BCUT2D eigenvalue weighted by molar-refractivity contribution is 0.523. The number of aryl methyl sites for hydroxylation is 4. The van der Waals surface area contributed by atoms with Gasteiger partial charge in [0.25, 0.3) is 0 Å². The molecule has 4 rings (SSSR count). The van der Waals surface area contributed by atoms with Crippen LogP contribution in [-0.4, -0.2) is 0 Å². The molecule has 0 bridgehead atoms. The van der Waals surface area contributed by atoms with Crippen LogP contribution < -0.4 is 11.5 Å². The highest BCUT2D eigenvalue weighted by molar-refractivity contribution is 5.43. The molecule has 4 aromatic rings. The predicted octanol–water partition coefficient (Wildman–Crippen LogP) is 14.0. The average molecular weight is 701 g/mol. The summed E-state index contributed by atoms with van der Waals surface area (Å²) in [6.45, 7) is 4.59. The molecule has 52 heavy (non-hydrogen) atoms. The summed E-state index contributed by atoms with van der Waals surface area (Å²) < 4.78 is 0. The number of nitrogen functional groups attached to an aromatic ring is 2. The van der Waals surface area contributed by atoms with E-state index in [1.165, 1.54) is 162 Å². The highest BCUT2D eigenvalue weighted by Crippen LogP contribution is 2.22. The summed E-state index contributed by atoms with van der Waals surface area (Å²) in [5.74, 6) is 0. The van der Waals surface area contributed by atoms with Crippen molar-refractivity contribution in [1.29, 1.82) is 0 Å². The van der Waals surface area contributed by atoms with E-state index in [-0.39, 0.29) is 0 Å². The Morgan fingerprint density at radius 3 is 0.865 bits per heavy atom. The SMILES string of the molecule is CCc1cc(Cc2ccc(N)cc2)ccc1CCCCCCCCCCCCCCCCCCCCc1ccc(Cc2ccc(N)cc2)cc1CC. The van der Waals surface area contributed by atoms with Gasteiger partial charge in [-0.15, -0.1) is 0 Å².